The Morgan fingerprint density at radius 3 is 2.68 bits per heavy atom. The van der Waals surface area contributed by atoms with Crippen LogP contribution < -0.4 is 9.62 Å². The molecule has 0 bridgehead atoms. The largest absolute Gasteiger partial charge is 0.311 e. The number of nitrogens with one attached hydrogen (secondary N) is 1. The lowest BCUT2D eigenvalue weighted by molar-refractivity contribution is 0.0999. The predicted octanol–water partition coefficient (Wildman–Crippen LogP) is 2.51. The molecule has 1 aliphatic rings. The Bertz CT molecular complexity index is 859. The first-order valence-electron chi connectivity index (χ1n) is 7.31. The fraction of sp³-hybridized carbons (Fsp3) is 0.312. The molecule has 1 aliphatic heterocycles. The van der Waals surface area contributed by atoms with Crippen LogP contribution in [0.2, 0.25) is 0 Å². The van der Waals surface area contributed by atoms with E-state index in [0.29, 0.717) is 22.9 Å². The Labute approximate surface area is 130 Å². The summed E-state index contributed by atoms with van der Waals surface area (Å²) in [5.41, 5.74) is 1.31. The zero-order chi connectivity index (χ0) is 15.9. The van der Waals surface area contributed by atoms with Gasteiger partial charge in [-0.1, -0.05) is 25.5 Å². The van der Waals surface area contributed by atoms with E-state index in [1.165, 1.54) is 0 Å². The van der Waals surface area contributed by atoms with E-state index >= 15 is 0 Å². The lowest BCUT2D eigenvalue weighted by atomic mass is 10.1. The van der Waals surface area contributed by atoms with Crippen molar-refractivity contribution in [1.29, 1.82) is 0 Å². The normalized spacial score (nSPS) is 14.1. The molecule has 0 unspecified atom stereocenters. The minimum Gasteiger partial charge on any atom is -0.311 e. The third kappa shape index (κ3) is 2.19. The second-order valence-electron chi connectivity index (χ2n) is 5.43. The molecule has 1 amide bonds. The van der Waals surface area contributed by atoms with Crippen molar-refractivity contribution in [2.45, 2.75) is 24.7 Å². The fourth-order valence-electron chi connectivity index (χ4n) is 2.80. The van der Waals surface area contributed by atoms with Crippen molar-refractivity contribution in [2.24, 2.45) is 0 Å². The first-order valence-corrected chi connectivity index (χ1v) is 8.79. The van der Waals surface area contributed by atoms with E-state index in [1.54, 1.807) is 42.3 Å². The van der Waals surface area contributed by atoms with Gasteiger partial charge in [0.05, 0.1) is 10.6 Å². The fourth-order valence-corrected chi connectivity index (χ4v) is 4.08. The summed E-state index contributed by atoms with van der Waals surface area (Å²) in [7, 11) is -1.88. The van der Waals surface area contributed by atoms with E-state index in [2.05, 4.69) is 4.72 Å². The van der Waals surface area contributed by atoms with E-state index in [0.717, 1.165) is 18.5 Å². The zero-order valence-electron chi connectivity index (χ0n) is 12.6. The van der Waals surface area contributed by atoms with Gasteiger partial charge in [0.2, 0.25) is 10.0 Å². The van der Waals surface area contributed by atoms with E-state index in [1.807, 2.05) is 6.92 Å². The SMILES string of the molecule is CCCCNS(=O)(=O)c1ccc2c3c(cccc13)C(=O)N2C. The molecule has 1 heterocycles. The molecule has 22 heavy (non-hydrogen) atoms. The maximum atomic E-state index is 12.5. The summed E-state index contributed by atoms with van der Waals surface area (Å²) in [5.74, 6) is -0.103. The van der Waals surface area contributed by atoms with Crippen LogP contribution >= 0.6 is 0 Å². The van der Waals surface area contributed by atoms with Crippen LogP contribution in [0.25, 0.3) is 10.8 Å². The molecule has 6 heteroatoms. The quantitative estimate of drug-likeness (QED) is 0.861. The standard InChI is InChI=1S/C16H18N2O3S/c1-3-4-10-17-22(20,21)14-9-8-13-15-11(14)6-5-7-12(15)16(19)18(13)2/h5-9,17H,3-4,10H2,1-2H3. The van der Waals surface area contributed by atoms with Crippen molar-refractivity contribution in [1.82, 2.24) is 4.72 Å². The van der Waals surface area contributed by atoms with Gasteiger partial charge in [-0.3, -0.25) is 4.79 Å². The van der Waals surface area contributed by atoms with Gasteiger partial charge >= 0.3 is 0 Å². The number of amides is 1. The molecule has 0 saturated heterocycles. The van der Waals surface area contributed by atoms with Crippen LogP contribution in [0.3, 0.4) is 0 Å². The molecule has 5 nitrogen and oxygen atoms in total. The first-order chi connectivity index (χ1) is 10.5. The number of carbonyl (C=O) groups excluding carboxylic acids is 1. The van der Waals surface area contributed by atoms with Gasteiger partial charge in [0.15, 0.2) is 0 Å². The zero-order valence-corrected chi connectivity index (χ0v) is 13.4. The molecule has 0 spiro atoms. The van der Waals surface area contributed by atoms with Crippen molar-refractivity contribution < 1.29 is 13.2 Å². The van der Waals surface area contributed by atoms with E-state index in [4.69, 9.17) is 0 Å². The van der Waals surface area contributed by atoms with Crippen LogP contribution in [0.4, 0.5) is 5.69 Å². The Morgan fingerprint density at radius 2 is 1.95 bits per heavy atom. The van der Waals surface area contributed by atoms with Crippen molar-refractivity contribution in [3.63, 3.8) is 0 Å². The topological polar surface area (TPSA) is 66.5 Å². The highest BCUT2D eigenvalue weighted by molar-refractivity contribution is 7.89. The number of nitrogens with zero attached hydrogens (tertiary/aromatic N) is 1. The summed E-state index contributed by atoms with van der Waals surface area (Å²) in [5, 5.41) is 1.31. The molecule has 0 atom stereocenters. The van der Waals surface area contributed by atoms with Crippen LogP contribution in [-0.2, 0) is 10.0 Å². The van der Waals surface area contributed by atoms with Gasteiger partial charge in [-0.05, 0) is 24.6 Å². The molecule has 0 saturated carbocycles. The molecular formula is C16H18N2O3S. The minimum absolute atomic E-state index is 0.103. The highest BCUT2D eigenvalue weighted by Crippen LogP contribution is 2.39. The molecule has 0 aliphatic carbocycles. The summed E-state index contributed by atoms with van der Waals surface area (Å²) in [6, 6.07) is 8.49. The second-order valence-corrected chi connectivity index (χ2v) is 7.16. The summed E-state index contributed by atoms with van der Waals surface area (Å²) in [4.78, 5) is 14.0. The molecule has 1 N–H and O–H groups in total. The molecule has 116 valence electrons. The second kappa shape index (κ2) is 5.37. The Morgan fingerprint density at radius 1 is 1.18 bits per heavy atom. The number of hydrogen-bond donors (Lipinski definition) is 1. The number of anilines is 1. The number of benzene rings is 2. The summed E-state index contributed by atoms with van der Waals surface area (Å²) in [6.07, 6.45) is 1.72. The highest BCUT2D eigenvalue weighted by Gasteiger charge is 2.29. The molecule has 0 aromatic heterocycles. The number of hydrogen-bond acceptors (Lipinski definition) is 3. The van der Waals surface area contributed by atoms with E-state index in [9.17, 15) is 13.2 Å². The van der Waals surface area contributed by atoms with Crippen LogP contribution in [0.15, 0.2) is 35.2 Å². The van der Waals surface area contributed by atoms with Crippen molar-refractivity contribution in [3.05, 3.63) is 35.9 Å². The van der Waals surface area contributed by atoms with Gasteiger partial charge in [-0.2, -0.15) is 0 Å². The first kappa shape index (κ1) is 15.0. The monoisotopic (exact) mass is 318 g/mol. The average molecular weight is 318 g/mol. The molecule has 2 aromatic rings. The van der Waals surface area contributed by atoms with Crippen molar-refractivity contribution >= 4 is 32.4 Å². The lowest BCUT2D eigenvalue weighted by Gasteiger charge is -2.12. The molecular weight excluding hydrogens is 300 g/mol. The predicted molar refractivity (Wildman–Crippen MR) is 86.8 cm³/mol. The van der Waals surface area contributed by atoms with E-state index in [-0.39, 0.29) is 10.8 Å². The third-order valence-corrected chi connectivity index (χ3v) is 5.51. The smallest absolute Gasteiger partial charge is 0.258 e. The average Bonchev–Trinajstić information content (AvgIpc) is 2.75. The number of rotatable bonds is 5. The van der Waals surface area contributed by atoms with Crippen molar-refractivity contribution in [2.75, 3.05) is 18.5 Å². The summed E-state index contributed by atoms with van der Waals surface area (Å²) in [6.45, 7) is 2.43. The molecule has 2 aromatic carbocycles. The van der Waals surface area contributed by atoms with Gasteiger partial charge in [-0.15, -0.1) is 0 Å². The van der Waals surface area contributed by atoms with Gasteiger partial charge in [0.1, 0.15) is 0 Å². The highest BCUT2D eigenvalue weighted by atomic mass is 32.2. The maximum absolute atomic E-state index is 12.5. The number of sulfonamides is 1. The Hall–Kier alpha value is -1.92. The molecule has 0 fully saturated rings. The van der Waals surface area contributed by atoms with Crippen LogP contribution in [0.1, 0.15) is 30.1 Å². The molecule has 0 radical (unpaired) electrons. The van der Waals surface area contributed by atoms with E-state index < -0.39 is 10.0 Å². The Balaban J connectivity index is 2.17. The van der Waals surface area contributed by atoms with Gasteiger partial charge < -0.3 is 4.90 Å². The number of carbonyl (C=O) groups is 1. The molecule has 3 rings (SSSR count). The Kier molecular flexibility index (Phi) is 3.66. The number of unbranched alkanes of at least 4 members (excludes halogenated alkanes) is 1. The van der Waals surface area contributed by atoms with Crippen LogP contribution in [0.5, 0.6) is 0 Å². The lowest BCUT2D eigenvalue weighted by Crippen LogP contribution is -2.25. The minimum atomic E-state index is -3.58. The maximum Gasteiger partial charge on any atom is 0.258 e. The van der Waals surface area contributed by atoms with Crippen molar-refractivity contribution in [3.8, 4) is 0 Å². The van der Waals surface area contributed by atoms with Crippen LogP contribution in [0, 0.1) is 0 Å². The summed E-state index contributed by atoms with van der Waals surface area (Å²) < 4.78 is 27.7. The van der Waals surface area contributed by atoms with Crippen LogP contribution in [-0.4, -0.2) is 27.9 Å². The third-order valence-electron chi connectivity index (χ3n) is 3.99. The van der Waals surface area contributed by atoms with Gasteiger partial charge in [-0.25, -0.2) is 13.1 Å². The summed E-state index contributed by atoms with van der Waals surface area (Å²) >= 11 is 0. The van der Waals surface area contributed by atoms with Gasteiger partial charge in [0.25, 0.3) is 5.91 Å². The van der Waals surface area contributed by atoms with Gasteiger partial charge in [0, 0.05) is 29.9 Å².